The number of anilines is 1. The molecule has 0 aliphatic heterocycles. The third-order valence-electron chi connectivity index (χ3n) is 2.63. The van der Waals surface area contributed by atoms with Crippen molar-refractivity contribution in [1.29, 1.82) is 0 Å². The van der Waals surface area contributed by atoms with Crippen LogP contribution in [0.3, 0.4) is 0 Å². The van der Waals surface area contributed by atoms with E-state index in [0.29, 0.717) is 0 Å². The highest BCUT2D eigenvalue weighted by Crippen LogP contribution is 2.32. The molecule has 0 bridgehead atoms. The Kier molecular flexibility index (Phi) is 3.28. The molecule has 0 unspecified atom stereocenters. The van der Waals surface area contributed by atoms with Gasteiger partial charge in [0.15, 0.2) is 0 Å². The number of nitrogens with one attached hydrogen (secondary N) is 2. The Balaban J connectivity index is 1.82. The molecule has 3 aromatic rings. The minimum Gasteiger partial charge on any atom is -0.380 e. The number of aromatic amines is 1. The third kappa shape index (κ3) is 2.25. The van der Waals surface area contributed by atoms with E-state index in [-0.39, 0.29) is 0 Å². The maximum atomic E-state index is 6.02. The number of hydrogen-bond acceptors (Lipinski definition) is 3. The van der Waals surface area contributed by atoms with Crippen molar-refractivity contribution in [2.45, 2.75) is 6.54 Å². The molecule has 0 radical (unpaired) electrons. The summed E-state index contributed by atoms with van der Waals surface area (Å²) in [5.41, 5.74) is 2.10. The second-order valence-electron chi connectivity index (χ2n) is 3.82. The van der Waals surface area contributed by atoms with Gasteiger partial charge in [-0.25, -0.2) is 0 Å². The minimum absolute atomic E-state index is 0.750. The van der Waals surface area contributed by atoms with Crippen LogP contribution in [0.5, 0.6) is 0 Å². The van der Waals surface area contributed by atoms with Crippen LogP contribution in [0.1, 0.15) is 4.88 Å². The average molecular weight is 343 g/mol. The standard InChI is InChI=1S/C12H9BrClN3S/c13-9-4-7(18-12(9)14)5-15-10-2-1-3-11-8(10)6-16-17-11/h1-4,6,15H,5H2,(H,16,17). The molecule has 2 aromatic heterocycles. The second kappa shape index (κ2) is 4.91. The quantitative estimate of drug-likeness (QED) is 0.727. The van der Waals surface area contributed by atoms with Crippen LogP contribution in [0.4, 0.5) is 5.69 Å². The van der Waals surface area contributed by atoms with Gasteiger partial charge in [0.2, 0.25) is 0 Å². The van der Waals surface area contributed by atoms with Crippen molar-refractivity contribution in [3.63, 3.8) is 0 Å². The molecule has 0 fully saturated rings. The van der Waals surface area contributed by atoms with Crippen molar-refractivity contribution < 1.29 is 0 Å². The molecule has 0 spiro atoms. The summed E-state index contributed by atoms with van der Waals surface area (Å²) in [4.78, 5) is 1.19. The summed E-state index contributed by atoms with van der Waals surface area (Å²) in [7, 11) is 0. The van der Waals surface area contributed by atoms with Crippen molar-refractivity contribution in [1.82, 2.24) is 10.2 Å². The summed E-state index contributed by atoms with van der Waals surface area (Å²) < 4.78 is 1.74. The van der Waals surface area contributed by atoms with Crippen LogP contribution in [0.2, 0.25) is 4.34 Å². The summed E-state index contributed by atoms with van der Waals surface area (Å²) in [6.07, 6.45) is 1.83. The molecule has 2 N–H and O–H groups in total. The van der Waals surface area contributed by atoms with Crippen LogP contribution in [-0.4, -0.2) is 10.2 Å². The Hall–Kier alpha value is -1.04. The Morgan fingerprint density at radius 1 is 1.44 bits per heavy atom. The predicted octanol–water partition coefficient (Wildman–Crippen LogP) is 4.65. The van der Waals surface area contributed by atoms with E-state index in [4.69, 9.17) is 11.6 Å². The molecular formula is C12H9BrClN3S. The first-order chi connectivity index (χ1) is 8.74. The molecule has 0 saturated carbocycles. The number of H-pyrrole nitrogens is 1. The molecule has 1 aromatic carbocycles. The van der Waals surface area contributed by atoms with E-state index in [1.165, 1.54) is 4.88 Å². The summed E-state index contributed by atoms with van der Waals surface area (Å²) >= 11 is 11.0. The highest BCUT2D eigenvalue weighted by Gasteiger charge is 2.06. The number of nitrogens with zero attached hydrogens (tertiary/aromatic N) is 1. The maximum Gasteiger partial charge on any atom is 0.107 e. The number of fused-ring (bicyclic) bond motifs is 1. The Labute approximate surface area is 121 Å². The maximum absolute atomic E-state index is 6.02. The van der Waals surface area contributed by atoms with Gasteiger partial charge in [0.05, 0.1) is 11.7 Å². The first kappa shape index (κ1) is 12.0. The van der Waals surface area contributed by atoms with Gasteiger partial charge in [-0.2, -0.15) is 5.10 Å². The van der Waals surface area contributed by atoms with Crippen LogP contribution in [0.15, 0.2) is 34.9 Å². The normalized spacial score (nSPS) is 11.0. The lowest BCUT2D eigenvalue weighted by atomic mass is 10.2. The van der Waals surface area contributed by atoms with Gasteiger partial charge >= 0.3 is 0 Å². The van der Waals surface area contributed by atoms with Crippen LogP contribution >= 0.6 is 38.9 Å². The molecule has 0 aliphatic rings. The molecule has 92 valence electrons. The molecule has 0 amide bonds. The number of aromatic nitrogens is 2. The Bertz CT molecular complexity index is 672. The van der Waals surface area contributed by atoms with Gasteiger partial charge in [0, 0.05) is 27.0 Å². The number of benzene rings is 1. The fraction of sp³-hybridized carbons (Fsp3) is 0.0833. The zero-order valence-corrected chi connectivity index (χ0v) is 12.4. The Morgan fingerprint density at radius 2 is 2.33 bits per heavy atom. The topological polar surface area (TPSA) is 40.7 Å². The molecule has 3 rings (SSSR count). The molecular weight excluding hydrogens is 334 g/mol. The van der Waals surface area contributed by atoms with E-state index in [1.807, 2.05) is 30.5 Å². The van der Waals surface area contributed by atoms with Gasteiger partial charge in [-0.3, -0.25) is 5.10 Å². The highest BCUT2D eigenvalue weighted by atomic mass is 79.9. The van der Waals surface area contributed by atoms with Gasteiger partial charge < -0.3 is 5.32 Å². The fourth-order valence-corrected chi connectivity index (χ4v) is 3.51. The van der Waals surface area contributed by atoms with Crippen molar-refractivity contribution in [3.8, 4) is 0 Å². The van der Waals surface area contributed by atoms with Crippen LogP contribution in [0.25, 0.3) is 10.9 Å². The first-order valence-corrected chi connectivity index (χ1v) is 7.32. The van der Waals surface area contributed by atoms with Crippen LogP contribution in [-0.2, 0) is 6.54 Å². The minimum atomic E-state index is 0.750. The Morgan fingerprint density at radius 3 is 3.11 bits per heavy atom. The SMILES string of the molecule is Clc1sc(CNc2cccc3[nH]ncc23)cc1Br. The van der Waals surface area contributed by atoms with Gasteiger partial charge in [0.1, 0.15) is 4.34 Å². The van der Waals surface area contributed by atoms with E-state index in [1.54, 1.807) is 11.3 Å². The second-order valence-corrected chi connectivity index (χ2v) is 6.42. The van der Waals surface area contributed by atoms with Crippen LogP contribution < -0.4 is 5.32 Å². The monoisotopic (exact) mass is 341 g/mol. The van der Waals surface area contributed by atoms with E-state index < -0.39 is 0 Å². The first-order valence-electron chi connectivity index (χ1n) is 5.34. The zero-order chi connectivity index (χ0) is 12.5. The van der Waals surface area contributed by atoms with Gasteiger partial charge in [0.25, 0.3) is 0 Å². The smallest absolute Gasteiger partial charge is 0.107 e. The number of rotatable bonds is 3. The molecule has 0 saturated heterocycles. The summed E-state index contributed by atoms with van der Waals surface area (Å²) in [6, 6.07) is 8.09. The van der Waals surface area contributed by atoms with E-state index in [0.717, 1.165) is 31.9 Å². The van der Waals surface area contributed by atoms with Crippen molar-refractivity contribution in [2.24, 2.45) is 0 Å². The molecule has 0 atom stereocenters. The molecule has 18 heavy (non-hydrogen) atoms. The zero-order valence-electron chi connectivity index (χ0n) is 9.21. The van der Waals surface area contributed by atoms with E-state index in [2.05, 4.69) is 31.4 Å². The number of hydrogen-bond donors (Lipinski definition) is 2. The molecule has 6 heteroatoms. The molecule has 0 aliphatic carbocycles. The molecule has 2 heterocycles. The molecule has 3 nitrogen and oxygen atoms in total. The third-order valence-corrected chi connectivity index (χ3v) is 5.11. The van der Waals surface area contributed by atoms with E-state index >= 15 is 0 Å². The van der Waals surface area contributed by atoms with E-state index in [9.17, 15) is 0 Å². The lowest BCUT2D eigenvalue weighted by molar-refractivity contribution is 1.12. The lowest BCUT2D eigenvalue weighted by Gasteiger charge is -2.05. The summed E-state index contributed by atoms with van der Waals surface area (Å²) in [5, 5.41) is 11.5. The lowest BCUT2D eigenvalue weighted by Crippen LogP contribution is -1.97. The number of halogens is 2. The van der Waals surface area contributed by atoms with Gasteiger partial charge in [-0.15, -0.1) is 11.3 Å². The predicted molar refractivity (Wildman–Crippen MR) is 80.4 cm³/mol. The summed E-state index contributed by atoms with van der Waals surface area (Å²) in [6.45, 7) is 0.750. The van der Waals surface area contributed by atoms with Crippen molar-refractivity contribution in [3.05, 3.63) is 44.1 Å². The fourth-order valence-electron chi connectivity index (χ4n) is 1.78. The van der Waals surface area contributed by atoms with Crippen molar-refractivity contribution >= 4 is 55.5 Å². The van der Waals surface area contributed by atoms with Crippen molar-refractivity contribution in [2.75, 3.05) is 5.32 Å². The highest BCUT2D eigenvalue weighted by molar-refractivity contribution is 9.10. The average Bonchev–Trinajstić information content (AvgIpc) is 2.94. The van der Waals surface area contributed by atoms with Gasteiger partial charge in [-0.1, -0.05) is 17.7 Å². The largest absolute Gasteiger partial charge is 0.380 e. The number of thiophene rings is 1. The van der Waals surface area contributed by atoms with Crippen LogP contribution in [0, 0.1) is 0 Å². The summed E-state index contributed by atoms with van der Waals surface area (Å²) in [5.74, 6) is 0. The van der Waals surface area contributed by atoms with Gasteiger partial charge in [-0.05, 0) is 34.1 Å².